The molecule has 6 nitrogen and oxygen atoms in total. The predicted octanol–water partition coefficient (Wildman–Crippen LogP) is 5.11. The lowest BCUT2D eigenvalue weighted by molar-refractivity contribution is 0.0993. The Labute approximate surface area is 183 Å². The van der Waals surface area contributed by atoms with Gasteiger partial charge in [0, 0.05) is 42.9 Å². The molecule has 0 aliphatic heterocycles. The first-order chi connectivity index (χ1) is 14.8. The SMILES string of the molecule is Cc1ccc(N(C)C(=O)c2ccc(NC(=O)NCc3ccncc3)cc2)cc1C(C)C. The summed E-state index contributed by atoms with van der Waals surface area (Å²) in [5.41, 5.74) is 5.44. The number of urea groups is 1. The fourth-order valence-corrected chi connectivity index (χ4v) is 3.32. The van der Waals surface area contributed by atoms with Crippen molar-refractivity contribution in [1.29, 1.82) is 0 Å². The highest BCUT2D eigenvalue weighted by atomic mass is 16.2. The first kappa shape index (κ1) is 22.0. The Morgan fingerprint density at radius 1 is 1.00 bits per heavy atom. The van der Waals surface area contributed by atoms with Crippen molar-refractivity contribution in [2.75, 3.05) is 17.3 Å². The van der Waals surface area contributed by atoms with Crippen molar-refractivity contribution in [3.8, 4) is 0 Å². The maximum Gasteiger partial charge on any atom is 0.319 e. The summed E-state index contributed by atoms with van der Waals surface area (Å²) >= 11 is 0. The van der Waals surface area contributed by atoms with Gasteiger partial charge >= 0.3 is 6.03 Å². The Morgan fingerprint density at radius 3 is 2.32 bits per heavy atom. The van der Waals surface area contributed by atoms with Gasteiger partial charge in [-0.05, 0) is 78.1 Å². The van der Waals surface area contributed by atoms with Gasteiger partial charge in [0.05, 0.1) is 0 Å². The summed E-state index contributed by atoms with van der Waals surface area (Å²) in [6, 6.07) is 16.3. The van der Waals surface area contributed by atoms with Crippen molar-refractivity contribution in [2.24, 2.45) is 0 Å². The molecule has 0 unspecified atom stereocenters. The molecule has 2 aromatic carbocycles. The van der Waals surface area contributed by atoms with Crippen LogP contribution in [-0.4, -0.2) is 24.0 Å². The molecular formula is C25H28N4O2. The zero-order valence-corrected chi connectivity index (χ0v) is 18.3. The van der Waals surface area contributed by atoms with Gasteiger partial charge in [-0.3, -0.25) is 9.78 Å². The smallest absolute Gasteiger partial charge is 0.319 e. The van der Waals surface area contributed by atoms with Crippen LogP contribution in [-0.2, 0) is 6.54 Å². The first-order valence-corrected chi connectivity index (χ1v) is 10.3. The van der Waals surface area contributed by atoms with E-state index in [2.05, 4.69) is 42.5 Å². The lowest BCUT2D eigenvalue weighted by atomic mass is 9.97. The minimum Gasteiger partial charge on any atom is -0.334 e. The number of aromatic nitrogens is 1. The van der Waals surface area contributed by atoms with Crippen LogP contribution in [0.4, 0.5) is 16.2 Å². The van der Waals surface area contributed by atoms with Gasteiger partial charge in [-0.2, -0.15) is 0 Å². The van der Waals surface area contributed by atoms with Crippen LogP contribution in [0, 0.1) is 6.92 Å². The molecule has 3 aromatic rings. The summed E-state index contributed by atoms with van der Waals surface area (Å²) in [5, 5.41) is 5.57. The lowest BCUT2D eigenvalue weighted by Crippen LogP contribution is -2.28. The fourth-order valence-electron chi connectivity index (χ4n) is 3.32. The molecular weight excluding hydrogens is 388 g/mol. The number of nitrogens with zero attached hydrogens (tertiary/aromatic N) is 2. The molecule has 3 amide bonds. The Balaban J connectivity index is 1.62. The number of pyridine rings is 1. The number of aryl methyl sites for hydroxylation is 1. The Kier molecular flexibility index (Phi) is 7.03. The molecule has 1 aromatic heterocycles. The molecule has 31 heavy (non-hydrogen) atoms. The Bertz CT molecular complexity index is 1050. The highest BCUT2D eigenvalue weighted by Gasteiger charge is 2.15. The first-order valence-electron chi connectivity index (χ1n) is 10.3. The molecule has 0 aliphatic rings. The van der Waals surface area contributed by atoms with Gasteiger partial charge < -0.3 is 15.5 Å². The molecule has 160 valence electrons. The predicted molar refractivity (Wildman–Crippen MR) is 125 cm³/mol. The third kappa shape index (κ3) is 5.69. The zero-order chi connectivity index (χ0) is 22.4. The second kappa shape index (κ2) is 9.89. The summed E-state index contributed by atoms with van der Waals surface area (Å²) in [6.45, 7) is 6.78. The van der Waals surface area contributed by atoms with E-state index in [4.69, 9.17) is 0 Å². The molecule has 0 atom stereocenters. The van der Waals surface area contributed by atoms with Crippen LogP contribution in [0.5, 0.6) is 0 Å². The maximum absolute atomic E-state index is 12.9. The van der Waals surface area contributed by atoms with Crippen LogP contribution in [0.25, 0.3) is 0 Å². The fraction of sp³-hybridized carbons (Fsp3) is 0.240. The molecule has 0 saturated heterocycles. The van der Waals surface area contributed by atoms with Crippen molar-refractivity contribution in [1.82, 2.24) is 10.3 Å². The van der Waals surface area contributed by atoms with Gasteiger partial charge in [0.2, 0.25) is 0 Å². The lowest BCUT2D eigenvalue weighted by Gasteiger charge is -2.20. The van der Waals surface area contributed by atoms with Crippen molar-refractivity contribution in [3.05, 3.63) is 89.2 Å². The van der Waals surface area contributed by atoms with Crippen LogP contribution in [0.15, 0.2) is 67.0 Å². The number of hydrogen-bond acceptors (Lipinski definition) is 3. The third-order valence-corrected chi connectivity index (χ3v) is 5.17. The van der Waals surface area contributed by atoms with Gasteiger partial charge in [-0.1, -0.05) is 19.9 Å². The van der Waals surface area contributed by atoms with E-state index in [0.29, 0.717) is 23.7 Å². The van der Waals surface area contributed by atoms with Gasteiger partial charge in [0.15, 0.2) is 0 Å². The minimum absolute atomic E-state index is 0.104. The number of anilines is 2. The van der Waals surface area contributed by atoms with Crippen molar-refractivity contribution >= 4 is 23.3 Å². The van der Waals surface area contributed by atoms with E-state index in [-0.39, 0.29) is 11.9 Å². The van der Waals surface area contributed by atoms with Crippen molar-refractivity contribution < 1.29 is 9.59 Å². The molecule has 6 heteroatoms. The molecule has 0 fully saturated rings. The molecule has 0 aliphatic carbocycles. The summed E-state index contributed by atoms with van der Waals surface area (Å²) in [4.78, 5) is 30.6. The van der Waals surface area contributed by atoms with Crippen LogP contribution >= 0.6 is 0 Å². The average Bonchev–Trinajstić information content (AvgIpc) is 2.78. The van der Waals surface area contributed by atoms with Gasteiger partial charge in [0.1, 0.15) is 0 Å². The van der Waals surface area contributed by atoms with E-state index in [0.717, 1.165) is 11.3 Å². The van der Waals surface area contributed by atoms with E-state index in [1.807, 2.05) is 24.3 Å². The number of carbonyl (C=O) groups is 2. The van der Waals surface area contributed by atoms with E-state index < -0.39 is 0 Å². The summed E-state index contributed by atoms with van der Waals surface area (Å²) in [6.07, 6.45) is 3.36. The normalized spacial score (nSPS) is 10.6. The molecule has 0 spiro atoms. The number of carbonyl (C=O) groups excluding carboxylic acids is 2. The molecule has 0 saturated carbocycles. The van der Waals surface area contributed by atoms with E-state index in [1.54, 1.807) is 48.6 Å². The molecule has 1 heterocycles. The molecule has 2 N–H and O–H groups in total. The third-order valence-electron chi connectivity index (χ3n) is 5.17. The van der Waals surface area contributed by atoms with Crippen molar-refractivity contribution in [3.63, 3.8) is 0 Å². The highest BCUT2D eigenvalue weighted by molar-refractivity contribution is 6.06. The van der Waals surface area contributed by atoms with Gasteiger partial charge in [-0.15, -0.1) is 0 Å². The molecule has 0 radical (unpaired) electrons. The van der Waals surface area contributed by atoms with Gasteiger partial charge in [0.25, 0.3) is 5.91 Å². The second-order valence-corrected chi connectivity index (χ2v) is 7.80. The Hall–Kier alpha value is -3.67. The summed E-state index contributed by atoms with van der Waals surface area (Å²) < 4.78 is 0. The quantitative estimate of drug-likeness (QED) is 0.586. The standard InChI is InChI=1S/C25H28N4O2/c1-17(2)23-15-22(10-5-18(23)3)29(4)24(30)20-6-8-21(9-7-20)28-25(31)27-16-19-11-13-26-14-12-19/h5-15,17H,16H2,1-4H3,(H2,27,28,31). The number of nitrogens with one attached hydrogen (secondary N) is 2. The molecule has 3 rings (SSSR count). The van der Waals surface area contributed by atoms with E-state index in [9.17, 15) is 9.59 Å². The minimum atomic E-state index is -0.311. The number of rotatable bonds is 6. The van der Waals surface area contributed by atoms with Crippen molar-refractivity contribution in [2.45, 2.75) is 33.2 Å². The monoisotopic (exact) mass is 416 g/mol. The Morgan fingerprint density at radius 2 is 1.68 bits per heavy atom. The average molecular weight is 417 g/mol. The zero-order valence-electron chi connectivity index (χ0n) is 18.3. The van der Waals surface area contributed by atoms with Crippen LogP contribution in [0.1, 0.15) is 46.8 Å². The largest absolute Gasteiger partial charge is 0.334 e. The maximum atomic E-state index is 12.9. The second-order valence-electron chi connectivity index (χ2n) is 7.80. The number of hydrogen-bond donors (Lipinski definition) is 2. The van der Waals surface area contributed by atoms with E-state index >= 15 is 0 Å². The summed E-state index contributed by atoms with van der Waals surface area (Å²) in [7, 11) is 1.77. The highest BCUT2D eigenvalue weighted by Crippen LogP contribution is 2.25. The number of benzene rings is 2. The van der Waals surface area contributed by atoms with Crippen LogP contribution in [0.3, 0.4) is 0 Å². The van der Waals surface area contributed by atoms with Crippen LogP contribution < -0.4 is 15.5 Å². The van der Waals surface area contributed by atoms with Gasteiger partial charge in [-0.25, -0.2) is 4.79 Å². The van der Waals surface area contributed by atoms with E-state index in [1.165, 1.54) is 11.1 Å². The van der Waals surface area contributed by atoms with Crippen LogP contribution in [0.2, 0.25) is 0 Å². The molecule has 0 bridgehead atoms. The summed E-state index contributed by atoms with van der Waals surface area (Å²) in [5.74, 6) is 0.283. The number of amides is 3. The topological polar surface area (TPSA) is 74.3 Å².